The van der Waals surface area contributed by atoms with Gasteiger partial charge in [0.1, 0.15) is 6.10 Å². The second-order valence-electron chi connectivity index (χ2n) is 3.46. The molecule has 0 fully saturated rings. The molecule has 6 nitrogen and oxygen atoms in total. The Bertz CT molecular complexity index is 157. The van der Waals surface area contributed by atoms with Crippen molar-refractivity contribution in [3.05, 3.63) is 0 Å². The first kappa shape index (κ1) is 14.8. The molecule has 4 N–H and O–H groups in total. The Labute approximate surface area is 89.7 Å². The van der Waals surface area contributed by atoms with E-state index in [4.69, 9.17) is 14.9 Å². The molecule has 0 bridgehead atoms. The van der Waals surface area contributed by atoms with Crippen LogP contribution in [-0.2, 0) is 4.74 Å². The summed E-state index contributed by atoms with van der Waals surface area (Å²) in [6.07, 6.45) is -2.42. The SMILES string of the molecule is COCCN(C)[C@H](CO)[C@@H](O)[C@H](O)CO. The minimum Gasteiger partial charge on any atom is -0.395 e. The van der Waals surface area contributed by atoms with E-state index in [-0.39, 0.29) is 6.61 Å². The predicted octanol–water partition coefficient (Wildman–Crippen LogP) is -2.36. The lowest BCUT2D eigenvalue weighted by Crippen LogP contribution is -2.51. The third kappa shape index (κ3) is 4.87. The van der Waals surface area contributed by atoms with E-state index in [2.05, 4.69) is 0 Å². The maximum Gasteiger partial charge on any atom is 0.104 e. The summed E-state index contributed by atoms with van der Waals surface area (Å²) in [5.41, 5.74) is 0. The van der Waals surface area contributed by atoms with Gasteiger partial charge in [0.2, 0.25) is 0 Å². The summed E-state index contributed by atoms with van der Waals surface area (Å²) < 4.78 is 4.86. The van der Waals surface area contributed by atoms with Crippen molar-refractivity contribution in [2.75, 3.05) is 40.5 Å². The summed E-state index contributed by atoms with van der Waals surface area (Å²) in [5.74, 6) is 0. The molecule has 0 unspecified atom stereocenters. The summed E-state index contributed by atoms with van der Waals surface area (Å²) in [7, 11) is 3.26. The van der Waals surface area contributed by atoms with Crippen molar-refractivity contribution in [3.63, 3.8) is 0 Å². The lowest BCUT2D eigenvalue weighted by Gasteiger charge is -2.32. The molecule has 0 aromatic heterocycles. The van der Waals surface area contributed by atoms with Gasteiger partial charge in [0.05, 0.1) is 32.0 Å². The maximum atomic E-state index is 9.59. The highest BCUT2D eigenvalue weighted by atomic mass is 16.5. The van der Waals surface area contributed by atoms with Gasteiger partial charge in [-0.15, -0.1) is 0 Å². The van der Waals surface area contributed by atoms with Crippen molar-refractivity contribution in [2.24, 2.45) is 0 Å². The minimum absolute atomic E-state index is 0.293. The van der Waals surface area contributed by atoms with E-state index < -0.39 is 24.9 Å². The molecular formula is C9H21NO5. The van der Waals surface area contributed by atoms with Crippen molar-refractivity contribution in [3.8, 4) is 0 Å². The lowest BCUT2D eigenvalue weighted by molar-refractivity contribution is -0.0688. The van der Waals surface area contributed by atoms with Gasteiger partial charge in [-0.05, 0) is 7.05 Å². The van der Waals surface area contributed by atoms with Gasteiger partial charge in [0.15, 0.2) is 0 Å². The van der Waals surface area contributed by atoms with Gasteiger partial charge in [-0.2, -0.15) is 0 Å². The minimum atomic E-state index is -1.24. The third-order valence-electron chi connectivity index (χ3n) is 2.38. The molecule has 0 spiro atoms. The third-order valence-corrected chi connectivity index (χ3v) is 2.38. The van der Waals surface area contributed by atoms with Gasteiger partial charge in [-0.3, -0.25) is 4.90 Å². The van der Waals surface area contributed by atoms with Crippen molar-refractivity contribution >= 4 is 0 Å². The van der Waals surface area contributed by atoms with Crippen LogP contribution in [0.25, 0.3) is 0 Å². The Morgan fingerprint density at radius 3 is 2.20 bits per heavy atom. The predicted molar refractivity (Wildman–Crippen MR) is 54.5 cm³/mol. The van der Waals surface area contributed by atoms with Crippen molar-refractivity contribution in [1.82, 2.24) is 4.90 Å². The molecule has 6 heteroatoms. The molecule has 92 valence electrons. The number of likely N-dealkylation sites (N-methyl/N-ethyl adjacent to an activating group) is 1. The van der Waals surface area contributed by atoms with Crippen LogP contribution >= 0.6 is 0 Å². The molecular weight excluding hydrogens is 202 g/mol. The molecule has 0 aromatic rings. The monoisotopic (exact) mass is 223 g/mol. The Hall–Kier alpha value is -0.240. The van der Waals surface area contributed by atoms with Gasteiger partial charge in [0, 0.05) is 13.7 Å². The molecule has 0 aliphatic heterocycles. The van der Waals surface area contributed by atoms with E-state index in [1.54, 1.807) is 19.1 Å². The van der Waals surface area contributed by atoms with Crippen LogP contribution in [0.2, 0.25) is 0 Å². The van der Waals surface area contributed by atoms with Crippen molar-refractivity contribution in [1.29, 1.82) is 0 Å². The highest BCUT2D eigenvalue weighted by Gasteiger charge is 2.28. The Morgan fingerprint density at radius 1 is 1.20 bits per heavy atom. The zero-order valence-corrected chi connectivity index (χ0v) is 9.20. The van der Waals surface area contributed by atoms with Gasteiger partial charge in [-0.1, -0.05) is 0 Å². The van der Waals surface area contributed by atoms with Crippen LogP contribution in [0.15, 0.2) is 0 Å². The molecule has 0 heterocycles. The average molecular weight is 223 g/mol. The first-order valence-electron chi connectivity index (χ1n) is 4.85. The highest BCUT2D eigenvalue weighted by Crippen LogP contribution is 2.06. The van der Waals surface area contributed by atoms with Gasteiger partial charge >= 0.3 is 0 Å². The number of ether oxygens (including phenoxy) is 1. The number of hydrogen-bond acceptors (Lipinski definition) is 6. The topological polar surface area (TPSA) is 93.4 Å². The van der Waals surface area contributed by atoms with Crippen LogP contribution in [0, 0.1) is 0 Å². The van der Waals surface area contributed by atoms with Crippen LogP contribution in [0.1, 0.15) is 0 Å². The molecule has 0 rings (SSSR count). The van der Waals surface area contributed by atoms with Gasteiger partial charge < -0.3 is 25.2 Å². The van der Waals surface area contributed by atoms with E-state index >= 15 is 0 Å². The summed E-state index contributed by atoms with van der Waals surface area (Å²) in [5, 5.41) is 36.6. The Balaban J connectivity index is 4.19. The zero-order chi connectivity index (χ0) is 11.8. The summed E-state index contributed by atoms with van der Waals surface area (Å²) in [4.78, 5) is 1.67. The number of aliphatic hydroxyl groups is 4. The lowest BCUT2D eigenvalue weighted by atomic mass is 10.1. The number of hydrogen-bond donors (Lipinski definition) is 4. The number of methoxy groups -OCH3 is 1. The molecule has 0 saturated heterocycles. The van der Waals surface area contributed by atoms with E-state index in [0.29, 0.717) is 13.2 Å². The normalized spacial score (nSPS) is 17.8. The molecule has 0 aromatic carbocycles. The quantitative estimate of drug-likeness (QED) is 0.368. The molecule has 0 aliphatic carbocycles. The highest BCUT2D eigenvalue weighted by molar-refractivity contribution is 4.81. The van der Waals surface area contributed by atoms with Crippen LogP contribution in [0.4, 0.5) is 0 Å². The smallest absolute Gasteiger partial charge is 0.104 e. The van der Waals surface area contributed by atoms with Gasteiger partial charge in [0.25, 0.3) is 0 Å². The Morgan fingerprint density at radius 2 is 1.80 bits per heavy atom. The molecule has 3 atom stereocenters. The van der Waals surface area contributed by atoms with E-state index in [1.807, 2.05) is 0 Å². The summed E-state index contributed by atoms with van der Waals surface area (Å²) in [6, 6.07) is -0.609. The van der Waals surface area contributed by atoms with Crippen molar-refractivity contribution in [2.45, 2.75) is 18.2 Å². The molecule has 0 aliphatic rings. The molecule has 15 heavy (non-hydrogen) atoms. The van der Waals surface area contributed by atoms with E-state index in [1.165, 1.54) is 0 Å². The molecule has 0 saturated carbocycles. The fourth-order valence-corrected chi connectivity index (χ4v) is 1.27. The Kier molecular flexibility index (Phi) is 7.85. The van der Waals surface area contributed by atoms with Crippen molar-refractivity contribution < 1.29 is 25.2 Å². The largest absolute Gasteiger partial charge is 0.395 e. The molecule has 0 amide bonds. The second-order valence-corrected chi connectivity index (χ2v) is 3.46. The standard InChI is InChI=1S/C9H21NO5/c1-10(3-4-15-2)7(5-11)9(14)8(13)6-12/h7-9,11-14H,3-6H2,1-2H3/t7-,8-,9-/m1/s1. The number of aliphatic hydroxyl groups excluding tert-OH is 4. The number of nitrogens with zero attached hydrogens (tertiary/aromatic N) is 1. The maximum absolute atomic E-state index is 9.59. The van der Waals surface area contributed by atoms with Crippen LogP contribution < -0.4 is 0 Å². The zero-order valence-electron chi connectivity index (χ0n) is 9.20. The van der Waals surface area contributed by atoms with Gasteiger partial charge in [-0.25, -0.2) is 0 Å². The first-order valence-corrected chi connectivity index (χ1v) is 4.85. The number of rotatable bonds is 8. The fourth-order valence-electron chi connectivity index (χ4n) is 1.27. The molecule has 0 radical (unpaired) electrons. The van der Waals surface area contributed by atoms with Crippen LogP contribution in [-0.4, -0.2) is 84.1 Å². The summed E-state index contributed by atoms with van der Waals surface area (Å²) >= 11 is 0. The van der Waals surface area contributed by atoms with E-state index in [0.717, 1.165) is 0 Å². The van der Waals surface area contributed by atoms with Crippen LogP contribution in [0.5, 0.6) is 0 Å². The summed E-state index contributed by atoms with van der Waals surface area (Å²) in [6.45, 7) is 0.167. The second kappa shape index (κ2) is 7.98. The fraction of sp³-hybridized carbons (Fsp3) is 1.00. The van der Waals surface area contributed by atoms with E-state index in [9.17, 15) is 10.2 Å². The first-order chi connectivity index (χ1) is 7.08. The van der Waals surface area contributed by atoms with Crippen LogP contribution in [0.3, 0.4) is 0 Å². The average Bonchev–Trinajstić information content (AvgIpc) is 2.25.